The fourth-order valence-electron chi connectivity index (χ4n) is 5.92. The van der Waals surface area contributed by atoms with Crippen LogP contribution in [0.2, 0.25) is 0 Å². The fourth-order valence-corrected chi connectivity index (χ4v) is 5.92. The second-order valence-corrected chi connectivity index (χ2v) is 9.87. The lowest BCUT2D eigenvalue weighted by atomic mass is 9.75. The lowest BCUT2D eigenvalue weighted by molar-refractivity contribution is -0.123. The number of likely N-dealkylation sites (tertiary alicyclic amines) is 2. The molecule has 0 saturated carbocycles. The molecule has 3 fully saturated rings. The van der Waals surface area contributed by atoms with E-state index < -0.39 is 0 Å². The summed E-state index contributed by atoms with van der Waals surface area (Å²) in [5.74, 6) is 2.15. The van der Waals surface area contributed by atoms with E-state index in [2.05, 4.69) is 24.1 Å². The lowest BCUT2D eigenvalue weighted by Crippen LogP contribution is -2.56. The Hall–Kier alpha value is -2.54. The predicted octanol–water partition coefficient (Wildman–Crippen LogP) is 3.14. The molecular weight excluding hydrogens is 406 g/mol. The van der Waals surface area contributed by atoms with Gasteiger partial charge in [-0.2, -0.15) is 0 Å². The van der Waals surface area contributed by atoms with Gasteiger partial charge in [-0.25, -0.2) is 0 Å². The Morgan fingerprint density at radius 1 is 1.31 bits per heavy atom. The number of nitrogens with zero attached hydrogens (tertiary/aromatic N) is 2. The van der Waals surface area contributed by atoms with Gasteiger partial charge in [-0.15, -0.1) is 0 Å². The van der Waals surface area contributed by atoms with E-state index in [0.29, 0.717) is 42.0 Å². The molecule has 32 heavy (non-hydrogen) atoms. The van der Waals surface area contributed by atoms with Crippen molar-refractivity contribution in [2.24, 2.45) is 17.8 Å². The van der Waals surface area contributed by atoms with Crippen molar-refractivity contribution in [3.8, 4) is 5.75 Å². The molecule has 3 aliphatic heterocycles. The first kappa shape index (κ1) is 21.3. The van der Waals surface area contributed by atoms with Crippen LogP contribution in [0.4, 0.5) is 0 Å². The number of nitrogens with one attached hydrogen (secondary N) is 1. The molecule has 2 amide bonds. The standard InChI is InChI=1S/C25H33N3O4/c1-4-16(2)13-27-14-18-19(15-27)25(26-23(18)29)8-10-28(11-9-25)24(30)21-12-17-6-5-7-20(31-3)22(17)32-21/h5-7,12,16,18-19H,4,8-11,13-15H2,1-3H3,(H,26,29)/t16-,18+,19-/m0/s1. The average Bonchev–Trinajstić information content (AvgIpc) is 3.48. The summed E-state index contributed by atoms with van der Waals surface area (Å²) >= 11 is 0. The molecule has 1 spiro atoms. The fraction of sp³-hybridized carbons (Fsp3) is 0.600. The van der Waals surface area contributed by atoms with Gasteiger partial charge in [-0.3, -0.25) is 9.59 Å². The minimum Gasteiger partial charge on any atom is -0.493 e. The van der Waals surface area contributed by atoms with Gasteiger partial charge in [0.15, 0.2) is 17.1 Å². The third-order valence-electron chi connectivity index (χ3n) is 7.96. The molecule has 7 heteroatoms. The van der Waals surface area contributed by atoms with Crippen molar-refractivity contribution in [1.82, 2.24) is 15.1 Å². The van der Waals surface area contributed by atoms with E-state index in [0.717, 1.165) is 44.3 Å². The minimum absolute atomic E-state index is 0.0872. The molecule has 5 rings (SSSR count). The molecule has 3 atom stereocenters. The third-order valence-corrected chi connectivity index (χ3v) is 7.96. The minimum atomic E-state index is -0.181. The summed E-state index contributed by atoms with van der Waals surface area (Å²) in [7, 11) is 1.60. The molecule has 2 aromatic rings. The Bertz CT molecular complexity index is 1020. The molecule has 1 aromatic carbocycles. The summed E-state index contributed by atoms with van der Waals surface area (Å²) in [5.41, 5.74) is 0.421. The van der Waals surface area contributed by atoms with Crippen LogP contribution in [-0.4, -0.2) is 67.0 Å². The maximum absolute atomic E-state index is 13.2. The Labute approximate surface area is 189 Å². The van der Waals surface area contributed by atoms with Crippen LogP contribution in [0.5, 0.6) is 5.75 Å². The first-order valence-electron chi connectivity index (χ1n) is 11.8. The summed E-state index contributed by atoms with van der Waals surface area (Å²) in [6.07, 6.45) is 2.76. The number of piperidine rings is 1. The van der Waals surface area contributed by atoms with Crippen molar-refractivity contribution >= 4 is 22.8 Å². The molecule has 0 unspecified atom stereocenters. The van der Waals surface area contributed by atoms with Crippen molar-refractivity contribution in [2.75, 3.05) is 39.8 Å². The SMILES string of the molecule is CC[C@H](C)CN1C[C@H]2C(=O)NC3(CCN(C(=O)c4cc5cccc(OC)c5o4)CC3)[C@H]2C1. The normalized spacial score (nSPS) is 25.8. The van der Waals surface area contributed by atoms with E-state index in [1.54, 1.807) is 13.2 Å². The zero-order valence-corrected chi connectivity index (χ0v) is 19.2. The first-order valence-corrected chi connectivity index (χ1v) is 11.8. The molecule has 0 bridgehead atoms. The zero-order valence-electron chi connectivity index (χ0n) is 19.2. The molecule has 1 N–H and O–H groups in total. The van der Waals surface area contributed by atoms with E-state index in [1.165, 1.54) is 0 Å². The van der Waals surface area contributed by atoms with Crippen LogP contribution in [0.25, 0.3) is 11.0 Å². The highest BCUT2D eigenvalue weighted by molar-refractivity contribution is 5.97. The van der Waals surface area contributed by atoms with Crippen LogP contribution in [0, 0.1) is 17.8 Å². The van der Waals surface area contributed by atoms with Crippen molar-refractivity contribution in [3.05, 3.63) is 30.0 Å². The quantitative estimate of drug-likeness (QED) is 0.775. The van der Waals surface area contributed by atoms with Crippen molar-refractivity contribution < 1.29 is 18.7 Å². The maximum atomic E-state index is 13.2. The molecule has 3 saturated heterocycles. The second kappa shape index (κ2) is 8.10. The largest absolute Gasteiger partial charge is 0.493 e. The maximum Gasteiger partial charge on any atom is 0.289 e. The zero-order chi connectivity index (χ0) is 22.5. The third kappa shape index (κ3) is 3.47. The molecule has 4 heterocycles. The molecule has 0 aliphatic carbocycles. The lowest BCUT2D eigenvalue weighted by Gasteiger charge is -2.42. The number of para-hydroxylation sites is 1. The Kier molecular flexibility index (Phi) is 5.40. The number of hydrogen-bond acceptors (Lipinski definition) is 5. The van der Waals surface area contributed by atoms with E-state index in [4.69, 9.17) is 9.15 Å². The van der Waals surface area contributed by atoms with Gasteiger partial charge in [0.25, 0.3) is 5.91 Å². The number of carbonyl (C=O) groups is 2. The molecular formula is C25H33N3O4. The van der Waals surface area contributed by atoms with Crippen LogP contribution < -0.4 is 10.1 Å². The number of furan rings is 1. The summed E-state index contributed by atoms with van der Waals surface area (Å²) < 4.78 is 11.2. The van der Waals surface area contributed by atoms with Crippen molar-refractivity contribution in [3.63, 3.8) is 0 Å². The number of rotatable bonds is 5. The number of ether oxygens (including phenoxy) is 1. The van der Waals surface area contributed by atoms with Crippen LogP contribution in [0.1, 0.15) is 43.7 Å². The number of benzene rings is 1. The van der Waals surface area contributed by atoms with E-state index in [-0.39, 0.29) is 23.3 Å². The number of carbonyl (C=O) groups excluding carboxylic acids is 2. The number of fused-ring (bicyclic) bond motifs is 3. The second-order valence-electron chi connectivity index (χ2n) is 9.87. The van der Waals surface area contributed by atoms with Crippen molar-refractivity contribution in [2.45, 2.75) is 38.6 Å². The smallest absolute Gasteiger partial charge is 0.289 e. The van der Waals surface area contributed by atoms with Crippen LogP contribution >= 0.6 is 0 Å². The number of methoxy groups -OCH3 is 1. The summed E-state index contributed by atoms with van der Waals surface area (Å²) in [5, 5.41) is 4.21. The van der Waals surface area contributed by atoms with E-state index in [1.807, 2.05) is 23.1 Å². The molecule has 172 valence electrons. The Morgan fingerprint density at radius 2 is 2.09 bits per heavy atom. The topological polar surface area (TPSA) is 75.0 Å². The van der Waals surface area contributed by atoms with Crippen LogP contribution in [0.3, 0.4) is 0 Å². The highest BCUT2D eigenvalue weighted by Crippen LogP contribution is 2.44. The molecule has 7 nitrogen and oxygen atoms in total. The highest BCUT2D eigenvalue weighted by Gasteiger charge is 2.57. The summed E-state index contributed by atoms with van der Waals surface area (Å²) in [4.78, 5) is 30.3. The van der Waals surface area contributed by atoms with E-state index >= 15 is 0 Å². The monoisotopic (exact) mass is 439 g/mol. The number of amides is 2. The summed E-state index contributed by atoms with van der Waals surface area (Å²) in [6, 6.07) is 7.43. The van der Waals surface area contributed by atoms with Crippen molar-refractivity contribution in [1.29, 1.82) is 0 Å². The molecule has 1 aromatic heterocycles. The average molecular weight is 440 g/mol. The van der Waals surface area contributed by atoms with Crippen LogP contribution in [0.15, 0.2) is 28.7 Å². The first-order chi connectivity index (χ1) is 15.4. The highest BCUT2D eigenvalue weighted by atomic mass is 16.5. The van der Waals surface area contributed by atoms with Gasteiger partial charge in [-0.05, 0) is 30.9 Å². The van der Waals surface area contributed by atoms with Gasteiger partial charge >= 0.3 is 0 Å². The van der Waals surface area contributed by atoms with Gasteiger partial charge in [0.05, 0.1) is 13.0 Å². The summed E-state index contributed by atoms with van der Waals surface area (Å²) in [6.45, 7) is 8.66. The van der Waals surface area contributed by atoms with Gasteiger partial charge < -0.3 is 24.3 Å². The molecule has 0 radical (unpaired) electrons. The van der Waals surface area contributed by atoms with Gasteiger partial charge in [0, 0.05) is 49.6 Å². The van der Waals surface area contributed by atoms with Crippen LogP contribution in [-0.2, 0) is 4.79 Å². The number of hydrogen-bond donors (Lipinski definition) is 1. The van der Waals surface area contributed by atoms with E-state index in [9.17, 15) is 9.59 Å². The van der Waals surface area contributed by atoms with Gasteiger partial charge in [0.1, 0.15) is 0 Å². The van der Waals surface area contributed by atoms with Gasteiger partial charge in [-0.1, -0.05) is 32.4 Å². The Balaban J connectivity index is 1.28. The molecule has 3 aliphatic rings. The Morgan fingerprint density at radius 3 is 2.81 bits per heavy atom. The predicted molar refractivity (Wildman–Crippen MR) is 122 cm³/mol. The van der Waals surface area contributed by atoms with Gasteiger partial charge in [0.2, 0.25) is 5.91 Å².